The second-order valence-electron chi connectivity index (χ2n) is 8.13. The van der Waals surface area contributed by atoms with E-state index in [9.17, 15) is 4.79 Å². The van der Waals surface area contributed by atoms with Crippen molar-refractivity contribution < 1.29 is 4.79 Å². The summed E-state index contributed by atoms with van der Waals surface area (Å²) in [7, 11) is 1.83. The van der Waals surface area contributed by atoms with Crippen molar-refractivity contribution in [3.05, 3.63) is 0 Å². The van der Waals surface area contributed by atoms with Crippen molar-refractivity contribution in [1.82, 2.24) is 20.4 Å². The predicted octanol–water partition coefficient (Wildman–Crippen LogP) is 2.43. The molecule has 156 valence electrons. The summed E-state index contributed by atoms with van der Waals surface area (Å²) in [6, 6.07) is 0.936. The minimum atomic E-state index is 0. The van der Waals surface area contributed by atoms with Crippen LogP contribution in [0.3, 0.4) is 0 Å². The topological polar surface area (TPSA) is 60.0 Å². The molecule has 2 atom stereocenters. The van der Waals surface area contributed by atoms with Crippen molar-refractivity contribution in [2.45, 2.75) is 70.4 Å². The highest BCUT2D eigenvalue weighted by Gasteiger charge is 2.32. The summed E-state index contributed by atoms with van der Waals surface area (Å²) in [6.45, 7) is 7.23. The van der Waals surface area contributed by atoms with Gasteiger partial charge in [-0.2, -0.15) is 0 Å². The fourth-order valence-electron chi connectivity index (χ4n) is 4.83. The lowest BCUT2D eigenvalue weighted by atomic mass is 9.88. The van der Waals surface area contributed by atoms with Crippen molar-refractivity contribution in [2.75, 3.05) is 39.8 Å². The van der Waals surface area contributed by atoms with Crippen molar-refractivity contribution in [3.63, 3.8) is 0 Å². The largest absolute Gasteiger partial charge is 0.355 e. The van der Waals surface area contributed by atoms with E-state index in [1.165, 1.54) is 38.6 Å². The Morgan fingerprint density at radius 1 is 1.07 bits per heavy atom. The molecular weight excluding hydrogens is 453 g/mol. The number of hydrogen-bond acceptors (Lipinski definition) is 3. The van der Waals surface area contributed by atoms with Crippen molar-refractivity contribution in [1.29, 1.82) is 0 Å². The van der Waals surface area contributed by atoms with E-state index in [0.29, 0.717) is 18.0 Å². The standard InChI is InChI=1S/C20H37N5O.HI/c1-3-24-12-7-10-18(24)14-22-20(21-2)23-17-11-13-25(15-17)19(26)16-8-5-4-6-9-16;/h16-18H,3-15H2,1-2H3,(H2,21,22,23);1H. The zero-order valence-electron chi connectivity index (χ0n) is 17.1. The summed E-state index contributed by atoms with van der Waals surface area (Å²) < 4.78 is 0. The van der Waals surface area contributed by atoms with E-state index in [1.807, 2.05) is 7.05 Å². The average Bonchev–Trinajstić information content (AvgIpc) is 3.34. The Hall–Kier alpha value is -0.570. The zero-order chi connectivity index (χ0) is 18.4. The number of nitrogens with zero attached hydrogens (tertiary/aromatic N) is 3. The van der Waals surface area contributed by atoms with Gasteiger partial charge in [0.25, 0.3) is 0 Å². The van der Waals surface area contributed by atoms with Crippen LogP contribution in [0.1, 0.15) is 58.3 Å². The molecule has 7 heteroatoms. The second kappa shape index (κ2) is 11.4. The van der Waals surface area contributed by atoms with Gasteiger partial charge in [-0.3, -0.25) is 14.7 Å². The normalized spacial score (nSPS) is 27.5. The summed E-state index contributed by atoms with van der Waals surface area (Å²) in [4.78, 5) is 21.7. The fourth-order valence-corrected chi connectivity index (χ4v) is 4.83. The van der Waals surface area contributed by atoms with Crippen LogP contribution in [0.25, 0.3) is 0 Å². The number of likely N-dealkylation sites (N-methyl/N-ethyl adjacent to an activating group) is 1. The number of likely N-dealkylation sites (tertiary alicyclic amines) is 2. The SMILES string of the molecule is CCN1CCCC1CNC(=NC)NC1CCN(C(=O)C2CCCCC2)C1.I. The molecule has 0 aromatic heterocycles. The zero-order valence-corrected chi connectivity index (χ0v) is 19.4. The summed E-state index contributed by atoms with van der Waals surface area (Å²) in [5.41, 5.74) is 0. The molecule has 2 saturated heterocycles. The molecule has 0 aromatic rings. The Bertz CT molecular complexity index is 495. The third kappa shape index (κ3) is 6.21. The van der Waals surface area contributed by atoms with Crippen LogP contribution in [0.5, 0.6) is 0 Å². The number of carbonyl (C=O) groups excluding carboxylic acids is 1. The van der Waals surface area contributed by atoms with Crippen molar-refractivity contribution in [3.8, 4) is 0 Å². The molecule has 1 aliphatic carbocycles. The quantitative estimate of drug-likeness (QED) is 0.353. The van der Waals surface area contributed by atoms with E-state index in [1.54, 1.807) is 0 Å². The first kappa shape index (κ1) is 22.7. The summed E-state index contributed by atoms with van der Waals surface area (Å²) in [5, 5.41) is 7.04. The number of carbonyl (C=O) groups is 1. The Morgan fingerprint density at radius 2 is 1.85 bits per heavy atom. The number of hydrogen-bond donors (Lipinski definition) is 2. The van der Waals surface area contributed by atoms with Crippen LogP contribution in [-0.4, -0.2) is 73.5 Å². The Labute approximate surface area is 181 Å². The van der Waals surface area contributed by atoms with Crippen molar-refractivity contribution in [2.24, 2.45) is 10.9 Å². The van der Waals surface area contributed by atoms with E-state index in [2.05, 4.69) is 32.3 Å². The maximum atomic E-state index is 12.7. The molecule has 0 aromatic carbocycles. The molecule has 0 spiro atoms. The van der Waals surface area contributed by atoms with Crippen LogP contribution in [0.2, 0.25) is 0 Å². The molecule has 2 aliphatic heterocycles. The van der Waals surface area contributed by atoms with Gasteiger partial charge in [-0.1, -0.05) is 26.2 Å². The van der Waals surface area contributed by atoms with Gasteiger partial charge in [0.05, 0.1) is 0 Å². The maximum absolute atomic E-state index is 12.7. The second-order valence-corrected chi connectivity index (χ2v) is 8.13. The van der Waals surface area contributed by atoms with E-state index < -0.39 is 0 Å². The minimum absolute atomic E-state index is 0. The highest BCUT2D eigenvalue weighted by atomic mass is 127. The summed E-state index contributed by atoms with van der Waals surface area (Å²) in [6.07, 6.45) is 9.50. The van der Waals surface area contributed by atoms with E-state index in [-0.39, 0.29) is 29.9 Å². The lowest BCUT2D eigenvalue weighted by Gasteiger charge is -2.27. The minimum Gasteiger partial charge on any atom is -0.355 e. The van der Waals surface area contributed by atoms with Gasteiger partial charge >= 0.3 is 0 Å². The highest BCUT2D eigenvalue weighted by Crippen LogP contribution is 2.26. The lowest BCUT2D eigenvalue weighted by Crippen LogP contribution is -2.48. The van der Waals surface area contributed by atoms with Crippen LogP contribution in [0, 0.1) is 5.92 Å². The van der Waals surface area contributed by atoms with Gasteiger partial charge in [-0.25, -0.2) is 0 Å². The number of guanidine groups is 1. The number of amides is 1. The van der Waals surface area contributed by atoms with E-state index >= 15 is 0 Å². The van der Waals surface area contributed by atoms with E-state index in [0.717, 1.165) is 51.4 Å². The smallest absolute Gasteiger partial charge is 0.225 e. The van der Waals surface area contributed by atoms with Crippen LogP contribution in [0.15, 0.2) is 4.99 Å². The molecule has 3 fully saturated rings. The average molecular weight is 491 g/mol. The first-order valence-corrected chi connectivity index (χ1v) is 10.7. The summed E-state index contributed by atoms with van der Waals surface area (Å²) in [5.74, 6) is 1.55. The van der Waals surface area contributed by atoms with Gasteiger partial charge in [0.1, 0.15) is 0 Å². The van der Waals surface area contributed by atoms with Crippen LogP contribution in [-0.2, 0) is 4.79 Å². The Balaban J connectivity index is 0.00000261. The third-order valence-corrected chi connectivity index (χ3v) is 6.43. The Morgan fingerprint density at radius 3 is 2.56 bits per heavy atom. The van der Waals surface area contributed by atoms with Crippen LogP contribution >= 0.6 is 24.0 Å². The first-order chi connectivity index (χ1) is 12.7. The molecule has 2 N–H and O–H groups in total. The predicted molar refractivity (Wildman–Crippen MR) is 122 cm³/mol. The van der Waals surface area contributed by atoms with Gasteiger partial charge in [-0.15, -0.1) is 24.0 Å². The third-order valence-electron chi connectivity index (χ3n) is 6.43. The monoisotopic (exact) mass is 491 g/mol. The van der Waals surface area contributed by atoms with Gasteiger partial charge < -0.3 is 15.5 Å². The van der Waals surface area contributed by atoms with Gasteiger partial charge in [0.2, 0.25) is 5.91 Å². The number of rotatable bonds is 5. The van der Waals surface area contributed by atoms with Crippen molar-refractivity contribution >= 4 is 35.8 Å². The fraction of sp³-hybridized carbons (Fsp3) is 0.900. The molecule has 2 heterocycles. The van der Waals surface area contributed by atoms with E-state index in [4.69, 9.17) is 0 Å². The lowest BCUT2D eigenvalue weighted by molar-refractivity contribution is -0.135. The number of aliphatic imine (C=N–C) groups is 1. The number of halogens is 1. The maximum Gasteiger partial charge on any atom is 0.225 e. The summed E-state index contributed by atoms with van der Waals surface area (Å²) >= 11 is 0. The molecule has 1 saturated carbocycles. The first-order valence-electron chi connectivity index (χ1n) is 10.7. The van der Waals surface area contributed by atoms with Gasteiger partial charge in [0, 0.05) is 44.7 Å². The highest BCUT2D eigenvalue weighted by molar-refractivity contribution is 14.0. The van der Waals surface area contributed by atoms with Crippen LogP contribution < -0.4 is 10.6 Å². The molecule has 1 amide bonds. The molecule has 0 bridgehead atoms. The Kier molecular flexibility index (Phi) is 9.62. The number of nitrogens with one attached hydrogen (secondary N) is 2. The molecule has 3 rings (SSSR count). The molecular formula is C20H38IN5O. The van der Waals surface area contributed by atoms with Gasteiger partial charge in [0.15, 0.2) is 5.96 Å². The molecule has 2 unspecified atom stereocenters. The van der Waals surface area contributed by atoms with Gasteiger partial charge in [-0.05, 0) is 45.2 Å². The molecule has 0 radical (unpaired) electrons. The van der Waals surface area contributed by atoms with Crippen LogP contribution in [0.4, 0.5) is 0 Å². The molecule has 6 nitrogen and oxygen atoms in total. The molecule has 27 heavy (non-hydrogen) atoms. The molecule has 3 aliphatic rings.